The van der Waals surface area contributed by atoms with Gasteiger partial charge in [-0.25, -0.2) is 8.42 Å². The zero-order valence-corrected chi connectivity index (χ0v) is 18.2. The molecule has 0 atom stereocenters. The number of hydrogen-bond acceptors (Lipinski definition) is 5. The Bertz CT molecular complexity index is 742. The molecule has 1 aliphatic heterocycles. The molecule has 162 valence electrons. The maximum absolute atomic E-state index is 12.6. The molecule has 1 saturated heterocycles. The van der Waals surface area contributed by atoms with Gasteiger partial charge in [0.05, 0.1) is 0 Å². The van der Waals surface area contributed by atoms with Gasteiger partial charge in [-0.2, -0.15) is 4.31 Å². The van der Waals surface area contributed by atoms with Crippen molar-refractivity contribution in [2.75, 3.05) is 33.2 Å². The summed E-state index contributed by atoms with van der Waals surface area (Å²) in [5.41, 5.74) is 0. The van der Waals surface area contributed by atoms with Crippen LogP contribution in [0.2, 0.25) is 0 Å². The average Bonchev–Trinajstić information content (AvgIpc) is 2.77. The van der Waals surface area contributed by atoms with Gasteiger partial charge in [-0.3, -0.25) is 9.78 Å². The van der Waals surface area contributed by atoms with Gasteiger partial charge in [-0.15, -0.1) is 0 Å². The molecule has 2 aliphatic rings. The van der Waals surface area contributed by atoms with Gasteiger partial charge in [0.15, 0.2) is 0 Å². The summed E-state index contributed by atoms with van der Waals surface area (Å²) in [6.07, 6.45) is 11.6. The van der Waals surface area contributed by atoms with Crippen LogP contribution in [0.3, 0.4) is 0 Å². The largest absolute Gasteiger partial charge is 0.356 e. The Balaban J connectivity index is 1.37. The molecular formula is C21H34N4O3S. The van der Waals surface area contributed by atoms with Crippen LogP contribution >= 0.6 is 0 Å². The summed E-state index contributed by atoms with van der Waals surface area (Å²) in [7, 11) is -1.33. The van der Waals surface area contributed by atoms with E-state index >= 15 is 0 Å². The van der Waals surface area contributed by atoms with Gasteiger partial charge in [-0.05, 0) is 57.8 Å². The molecule has 2 fully saturated rings. The van der Waals surface area contributed by atoms with Gasteiger partial charge >= 0.3 is 0 Å². The normalized spacial score (nSPS) is 20.1. The number of hydrogen-bond donors (Lipinski definition) is 1. The van der Waals surface area contributed by atoms with E-state index in [1.165, 1.54) is 42.6 Å². The van der Waals surface area contributed by atoms with Crippen molar-refractivity contribution >= 4 is 15.9 Å². The molecule has 0 aromatic carbocycles. The lowest BCUT2D eigenvalue weighted by Gasteiger charge is -2.31. The van der Waals surface area contributed by atoms with E-state index in [4.69, 9.17) is 0 Å². The minimum Gasteiger partial charge on any atom is -0.356 e. The molecule has 1 saturated carbocycles. The molecule has 1 aliphatic carbocycles. The highest BCUT2D eigenvalue weighted by atomic mass is 32.2. The smallest absolute Gasteiger partial charge is 0.244 e. The first-order valence-corrected chi connectivity index (χ1v) is 12.3. The number of pyridine rings is 1. The molecule has 1 aromatic rings. The molecule has 1 N–H and O–H groups in total. The lowest BCUT2D eigenvalue weighted by Crippen LogP contribution is -2.43. The summed E-state index contributed by atoms with van der Waals surface area (Å²) in [4.78, 5) is 19.0. The summed E-state index contributed by atoms with van der Waals surface area (Å²) in [5, 5.41) is 3.05. The van der Waals surface area contributed by atoms with E-state index in [9.17, 15) is 13.2 Å². The van der Waals surface area contributed by atoms with E-state index in [2.05, 4.69) is 22.2 Å². The van der Waals surface area contributed by atoms with Crippen molar-refractivity contribution in [1.29, 1.82) is 0 Å². The van der Waals surface area contributed by atoms with Crippen LogP contribution in [0.5, 0.6) is 0 Å². The molecule has 2 heterocycles. The van der Waals surface area contributed by atoms with E-state index in [0.717, 1.165) is 13.0 Å². The Kier molecular flexibility index (Phi) is 8.03. The zero-order chi connectivity index (χ0) is 20.7. The van der Waals surface area contributed by atoms with Crippen LogP contribution in [0.15, 0.2) is 29.4 Å². The predicted molar refractivity (Wildman–Crippen MR) is 113 cm³/mol. The van der Waals surface area contributed by atoms with Gasteiger partial charge in [0.1, 0.15) is 4.90 Å². The minimum absolute atomic E-state index is 0.0590. The quantitative estimate of drug-likeness (QED) is 0.650. The Morgan fingerprint density at radius 3 is 2.59 bits per heavy atom. The van der Waals surface area contributed by atoms with Crippen LogP contribution in [0, 0.1) is 5.92 Å². The van der Waals surface area contributed by atoms with E-state index in [1.807, 2.05) is 0 Å². The van der Waals surface area contributed by atoms with Crippen LogP contribution in [0.4, 0.5) is 0 Å². The van der Waals surface area contributed by atoms with E-state index in [-0.39, 0.29) is 16.7 Å². The minimum atomic E-state index is -3.52. The number of aromatic nitrogens is 1. The molecule has 1 aromatic heterocycles. The number of sulfonamides is 1. The van der Waals surface area contributed by atoms with Crippen molar-refractivity contribution in [1.82, 2.24) is 19.5 Å². The number of carbonyl (C=O) groups excluding carboxylic acids is 1. The van der Waals surface area contributed by atoms with Crippen LogP contribution in [0.1, 0.15) is 51.4 Å². The van der Waals surface area contributed by atoms with Gasteiger partial charge < -0.3 is 10.2 Å². The monoisotopic (exact) mass is 422 g/mol. The SMILES string of the molecule is CN(CCCNC(=O)C1CCN(S(=O)(=O)c2cccnc2)CC1)C1CCCCC1. The third-order valence-electron chi connectivity index (χ3n) is 6.28. The van der Waals surface area contributed by atoms with Gasteiger partial charge in [-0.1, -0.05) is 19.3 Å². The topological polar surface area (TPSA) is 82.6 Å². The Morgan fingerprint density at radius 1 is 1.21 bits per heavy atom. The molecule has 7 nitrogen and oxygen atoms in total. The van der Waals surface area contributed by atoms with Crippen molar-refractivity contribution in [2.24, 2.45) is 5.92 Å². The van der Waals surface area contributed by atoms with Crippen molar-refractivity contribution in [3.05, 3.63) is 24.5 Å². The lowest BCUT2D eigenvalue weighted by molar-refractivity contribution is -0.126. The van der Waals surface area contributed by atoms with Crippen molar-refractivity contribution in [2.45, 2.75) is 62.3 Å². The fraction of sp³-hybridized carbons (Fsp3) is 0.714. The highest BCUT2D eigenvalue weighted by Gasteiger charge is 2.32. The van der Waals surface area contributed by atoms with E-state index < -0.39 is 10.0 Å². The summed E-state index contributed by atoms with van der Waals surface area (Å²) in [5.74, 6) is -0.0461. The number of piperidine rings is 1. The lowest BCUT2D eigenvalue weighted by atomic mass is 9.94. The molecule has 0 unspecified atom stereocenters. The molecule has 29 heavy (non-hydrogen) atoms. The summed E-state index contributed by atoms with van der Waals surface area (Å²) >= 11 is 0. The molecule has 0 radical (unpaired) electrons. The fourth-order valence-corrected chi connectivity index (χ4v) is 5.83. The summed E-state index contributed by atoms with van der Waals surface area (Å²) in [6.45, 7) is 2.44. The molecular weight excluding hydrogens is 388 g/mol. The molecule has 0 bridgehead atoms. The first-order valence-electron chi connectivity index (χ1n) is 10.9. The second-order valence-corrected chi connectivity index (χ2v) is 10.2. The highest BCUT2D eigenvalue weighted by Crippen LogP contribution is 2.24. The first-order chi connectivity index (χ1) is 14.0. The molecule has 8 heteroatoms. The third-order valence-corrected chi connectivity index (χ3v) is 8.16. The van der Waals surface area contributed by atoms with Crippen LogP contribution < -0.4 is 5.32 Å². The second-order valence-electron chi connectivity index (χ2n) is 8.28. The maximum atomic E-state index is 12.6. The van der Waals surface area contributed by atoms with Gasteiger partial charge in [0, 0.05) is 44.0 Å². The second kappa shape index (κ2) is 10.5. The number of carbonyl (C=O) groups is 1. The average molecular weight is 423 g/mol. The predicted octanol–water partition coefficient (Wildman–Crippen LogP) is 2.25. The Hall–Kier alpha value is -1.51. The third kappa shape index (κ3) is 5.99. The molecule has 0 spiro atoms. The Morgan fingerprint density at radius 2 is 1.93 bits per heavy atom. The van der Waals surface area contributed by atoms with Crippen molar-refractivity contribution in [3.8, 4) is 0 Å². The maximum Gasteiger partial charge on any atom is 0.244 e. The van der Waals surface area contributed by atoms with Crippen LogP contribution in [-0.4, -0.2) is 67.8 Å². The van der Waals surface area contributed by atoms with Crippen molar-refractivity contribution < 1.29 is 13.2 Å². The number of rotatable bonds is 8. The highest BCUT2D eigenvalue weighted by molar-refractivity contribution is 7.89. The van der Waals surface area contributed by atoms with Gasteiger partial charge in [0.25, 0.3) is 0 Å². The number of amides is 1. The van der Waals surface area contributed by atoms with E-state index in [0.29, 0.717) is 38.5 Å². The standard InChI is InChI=1S/C21H34N4O3S/c1-24(19-7-3-2-4-8-19)14-6-13-23-21(26)18-10-15-25(16-11-18)29(27,28)20-9-5-12-22-17-20/h5,9,12,17-19H,2-4,6-8,10-11,13-16H2,1H3,(H,23,26). The number of nitrogens with one attached hydrogen (secondary N) is 1. The zero-order valence-electron chi connectivity index (χ0n) is 17.4. The van der Waals surface area contributed by atoms with E-state index in [1.54, 1.807) is 18.3 Å². The van der Waals surface area contributed by atoms with Crippen molar-refractivity contribution in [3.63, 3.8) is 0 Å². The van der Waals surface area contributed by atoms with Crippen LogP contribution in [-0.2, 0) is 14.8 Å². The fourth-order valence-electron chi connectivity index (χ4n) is 4.40. The Labute approximate surface area is 174 Å². The van der Waals surface area contributed by atoms with Gasteiger partial charge in [0.2, 0.25) is 15.9 Å². The molecule has 1 amide bonds. The molecule has 3 rings (SSSR count). The summed E-state index contributed by atoms with van der Waals surface area (Å²) in [6, 6.07) is 3.88. The first kappa shape index (κ1) is 22.2. The number of nitrogens with zero attached hydrogens (tertiary/aromatic N) is 3. The summed E-state index contributed by atoms with van der Waals surface area (Å²) < 4.78 is 26.8. The van der Waals surface area contributed by atoms with Crippen LogP contribution in [0.25, 0.3) is 0 Å².